The summed E-state index contributed by atoms with van der Waals surface area (Å²) in [5.41, 5.74) is -2.01. The number of H-pyrrole nitrogens is 1. The summed E-state index contributed by atoms with van der Waals surface area (Å²) in [6, 6.07) is 6.12. The number of aromatic nitrogens is 4. The fourth-order valence-corrected chi connectivity index (χ4v) is 4.21. The van der Waals surface area contributed by atoms with Crippen LogP contribution in [0.15, 0.2) is 53.7 Å². The Morgan fingerprint density at radius 1 is 1.12 bits per heavy atom. The van der Waals surface area contributed by atoms with Crippen LogP contribution in [-0.2, 0) is 6.18 Å². The molecule has 8 nitrogen and oxygen atoms in total. The van der Waals surface area contributed by atoms with Gasteiger partial charge < -0.3 is 10.2 Å². The molecule has 0 amide bonds. The highest BCUT2D eigenvalue weighted by Gasteiger charge is 2.37. The maximum atomic E-state index is 14.9. The number of anilines is 1. The maximum absolute atomic E-state index is 14.9. The summed E-state index contributed by atoms with van der Waals surface area (Å²) >= 11 is 0. The van der Waals surface area contributed by atoms with Crippen LogP contribution >= 0.6 is 0 Å². The molecule has 0 saturated heterocycles. The lowest BCUT2D eigenvalue weighted by molar-refractivity contribution is -0.138. The molecule has 1 atom stereocenters. The number of rotatable bonds is 10. The van der Waals surface area contributed by atoms with Gasteiger partial charge in [-0.1, -0.05) is 0 Å². The molecule has 4 rings (SSSR count). The molecule has 2 N–H and O–H groups in total. The second kappa shape index (κ2) is 12.2. The number of fused-ring (bicyclic) bond motifs is 1. The Kier molecular flexibility index (Phi) is 8.74. The average Bonchev–Trinajstić information content (AvgIpc) is 2.91. The van der Waals surface area contributed by atoms with Crippen LogP contribution in [0.2, 0.25) is 0 Å². The van der Waals surface area contributed by atoms with E-state index in [1.54, 1.807) is 36.2 Å². The second-order valence-corrected chi connectivity index (χ2v) is 9.45. The SMILES string of the molecule is C[C@@H](CCCN(C)/C=C\c1cc(-c2ncc3cc(F)ccc3n2)c(F)cc1C=O)Nc1cn[nH]c(=O)c1C(F)(F)F. The smallest absolute Gasteiger partial charge is 0.381 e. The fourth-order valence-electron chi connectivity index (χ4n) is 4.21. The Morgan fingerprint density at radius 2 is 1.90 bits per heavy atom. The van der Waals surface area contributed by atoms with E-state index in [4.69, 9.17) is 0 Å². The van der Waals surface area contributed by atoms with Crippen molar-refractivity contribution in [1.82, 2.24) is 25.1 Å². The van der Waals surface area contributed by atoms with E-state index in [1.165, 1.54) is 30.5 Å². The molecule has 0 unspecified atom stereocenters. The van der Waals surface area contributed by atoms with E-state index in [2.05, 4.69) is 20.4 Å². The minimum atomic E-state index is -4.83. The summed E-state index contributed by atoms with van der Waals surface area (Å²) in [5.74, 6) is -1.06. The number of aldehydes is 1. The first-order valence-corrected chi connectivity index (χ1v) is 12.5. The third kappa shape index (κ3) is 7.10. The summed E-state index contributed by atoms with van der Waals surface area (Å²) in [6.07, 6.45) is 2.39. The Morgan fingerprint density at radius 3 is 2.63 bits per heavy atom. The molecular formula is C28H25F5N6O2. The molecule has 4 aromatic rings. The van der Waals surface area contributed by atoms with Gasteiger partial charge in [-0.2, -0.15) is 18.3 Å². The van der Waals surface area contributed by atoms with Crippen LogP contribution in [0.5, 0.6) is 0 Å². The highest BCUT2D eigenvalue weighted by atomic mass is 19.4. The molecule has 2 aromatic heterocycles. The molecule has 0 radical (unpaired) electrons. The van der Waals surface area contributed by atoms with Gasteiger partial charge >= 0.3 is 6.18 Å². The number of benzene rings is 2. The number of carbonyl (C=O) groups excluding carboxylic acids is 1. The third-order valence-electron chi connectivity index (χ3n) is 6.28. The quantitative estimate of drug-likeness (QED) is 0.186. The zero-order valence-corrected chi connectivity index (χ0v) is 22.0. The molecule has 0 saturated carbocycles. The predicted molar refractivity (Wildman–Crippen MR) is 144 cm³/mol. The van der Waals surface area contributed by atoms with Gasteiger partial charge in [0.1, 0.15) is 17.2 Å². The van der Waals surface area contributed by atoms with E-state index in [0.29, 0.717) is 42.1 Å². The predicted octanol–water partition coefficient (Wildman–Crippen LogP) is 5.67. The van der Waals surface area contributed by atoms with Crippen molar-refractivity contribution in [2.45, 2.75) is 32.0 Å². The Bertz CT molecular complexity index is 1650. The molecule has 13 heteroatoms. The molecule has 0 fully saturated rings. The zero-order chi connectivity index (χ0) is 29.7. The monoisotopic (exact) mass is 572 g/mol. The standard InChI is InChI=1S/C28H25F5N6O2/c1-16(36-24-14-35-38-27(41)25(24)28(31,32)33)4-3-8-39(2)9-7-17-11-21(22(30)12-19(17)15-40)26-34-13-18-10-20(29)5-6-23(18)37-26/h5-7,9-16H,3-4,8H2,1-2H3,(H2,36,38,41)/b9-7-/t16-/m0/s1. The van der Waals surface area contributed by atoms with Crippen LogP contribution in [0.25, 0.3) is 28.4 Å². The number of carbonyl (C=O) groups is 1. The summed E-state index contributed by atoms with van der Waals surface area (Å²) in [7, 11) is 1.77. The van der Waals surface area contributed by atoms with Crippen LogP contribution < -0.4 is 10.9 Å². The molecule has 214 valence electrons. The van der Waals surface area contributed by atoms with Gasteiger partial charge in [-0.25, -0.2) is 23.8 Å². The minimum absolute atomic E-state index is 0.0662. The number of hydrogen-bond acceptors (Lipinski definition) is 7. The van der Waals surface area contributed by atoms with E-state index < -0.39 is 40.7 Å². The van der Waals surface area contributed by atoms with Crippen molar-refractivity contribution in [3.05, 3.63) is 87.6 Å². The molecule has 0 aliphatic heterocycles. The first-order chi connectivity index (χ1) is 19.5. The summed E-state index contributed by atoms with van der Waals surface area (Å²) in [5, 5.41) is 8.40. The van der Waals surface area contributed by atoms with Crippen molar-refractivity contribution in [3.63, 3.8) is 0 Å². The normalized spacial score (nSPS) is 12.6. The highest BCUT2D eigenvalue weighted by molar-refractivity contribution is 5.85. The van der Waals surface area contributed by atoms with Gasteiger partial charge in [-0.15, -0.1) is 0 Å². The number of nitrogens with one attached hydrogen (secondary N) is 2. The minimum Gasteiger partial charge on any atom is -0.381 e. The summed E-state index contributed by atoms with van der Waals surface area (Å²) in [6.45, 7) is 2.20. The maximum Gasteiger partial charge on any atom is 0.423 e. The van der Waals surface area contributed by atoms with Gasteiger partial charge in [0.2, 0.25) is 0 Å². The van der Waals surface area contributed by atoms with E-state index >= 15 is 0 Å². The second-order valence-electron chi connectivity index (χ2n) is 9.45. The number of halogens is 5. The van der Waals surface area contributed by atoms with E-state index in [9.17, 15) is 31.5 Å². The lowest BCUT2D eigenvalue weighted by Crippen LogP contribution is -2.27. The van der Waals surface area contributed by atoms with Crippen molar-refractivity contribution < 1.29 is 26.7 Å². The molecular weight excluding hydrogens is 547 g/mol. The first kappa shape index (κ1) is 29.3. The average molecular weight is 573 g/mol. The molecule has 41 heavy (non-hydrogen) atoms. The molecule has 0 aliphatic rings. The molecule has 2 heterocycles. The van der Waals surface area contributed by atoms with Gasteiger partial charge in [0.25, 0.3) is 5.56 Å². The van der Waals surface area contributed by atoms with E-state index in [-0.39, 0.29) is 17.0 Å². The largest absolute Gasteiger partial charge is 0.423 e. The van der Waals surface area contributed by atoms with Crippen LogP contribution in [0.4, 0.5) is 27.6 Å². The fraction of sp³-hybridized carbons (Fsp3) is 0.250. The van der Waals surface area contributed by atoms with Crippen molar-refractivity contribution in [2.75, 3.05) is 18.9 Å². The third-order valence-corrected chi connectivity index (χ3v) is 6.28. The van der Waals surface area contributed by atoms with Gasteiger partial charge in [-0.05, 0) is 67.9 Å². The molecule has 0 aliphatic carbocycles. The number of aromatic amines is 1. The first-order valence-electron chi connectivity index (χ1n) is 12.5. The number of alkyl halides is 3. The lowest BCUT2D eigenvalue weighted by Gasteiger charge is -2.20. The molecule has 2 aromatic carbocycles. The van der Waals surface area contributed by atoms with Crippen LogP contribution in [0.3, 0.4) is 0 Å². The van der Waals surface area contributed by atoms with Gasteiger partial charge in [0.15, 0.2) is 12.1 Å². The van der Waals surface area contributed by atoms with Crippen molar-refractivity contribution in [3.8, 4) is 11.4 Å². The van der Waals surface area contributed by atoms with Crippen molar-refractivity contribution in [2.24, 2.45) is 0 Å². The van der Waals surface area contributed by atoms with Crippen LogP contribution in [0.1, 0.15) is 41.3 Å². The summed E-state index contributed by atoms with van der Waals surface area (Å²) in [4.78, 5) is 33.5. The van der Waals surface area contributed by atoms with Gasteiger partial charge in [0, 0.05) is 36.8 Å². The Labute approximate surface area is 230 Å². The van der Waals surface area contributed by atoms with Crippen LogP contribution in [-0.4, -0.2) is 51.0 Å². The van der Waals surface area contributed by atoms with E-state index in [0.717, 1.165) is 12.3 Å². The number of hydrogen-bond donors (Lipinski definition) is 2. The highest BCUT2D eigenvalue weighted by Crippen LogP contribution is 2.32. The molecule has 0 spiro atoms. The molecule has 0 bridgehead atoms. The van der Waals surface area contributed by atoms with Gasteiger partial charge in [0.05, 0.1) is 23.0 Å². The summed E-state index contributed by atoms with van der Waals surface area (Å²) < 4.78 is 68.1. The van der Waals surface area contributed by atoms with Crippen molar-refractivity contribution in [1.29, 1.82) is 0 Å². The van der Waals surface area contributed by atoms with Crippen molar-refractivity contribution >= 4 is 29.0 Å². The van der Waals surface area contributed by atoms with Gasteiger partial charge in [-0.3, -0.25) is 9.59 Å². The van der Waals surface area contributed by atoms with E-state index in [1.807, 2.05) is 0 Å². The zero-order valence-electron chi connectivity index (χ0n) is 22.0. The number of nitrogens with zero attached hydrogens (tertiary/aromatic N) is 4. The lowest BCUT2D eigenvalue weighted by atomic mass is 10.0. The Hall–Kier alpha value is -4.68. The Balaban J connectivity index is 1.42. The topological polar surface area (TPSA) is 104 Å². The van der Waals surface area contributed by atoms with Crippen LogP contribution in [0, 0.1) is 11.6 Å².